The number of rotatable bonds is 8. The number of pyridine rings is 3. The van der Waals surface area contributed by atoms with Crippen LogP contribution in [0.15, 0.2) is 67.5 Å². The van der Waals surface area contributed by atoms with Crippen LogP contribution in [0.3, 0.4) is 0 Å². The van der Waals surface area contributed by atoms with Crippen LogP contribution >= 0.6 is 0 Å². The third-order valence-corrected chi connectivity index (χ3v) is 6.63. The van der Waals surface area contributed by atoms with Crippen molar-refractivity contribution in [2.45, 2.75) is 13.0 Å². The molecule has 6 heterocycles. The van der Waals surface area contributed by atoms with Crippen LogP contribution in [0.4, 0.5) is 15.9 Å². The first-order chi connectivity index (χ1) is 19.6. The van der Waals surface area contributed by atoms with Gasteiger partial charge in [0.2, 0.25) is 0 Å². The zero-order valence-corrected chi connectivity index (χ0v) is 21.7. The first-order valence-corrected chi connectivity index (χ1v) is 12.9. The monoisotopic (exact) mass is 539 g/mol. The van der Waals surface area contributed by atoms with E-state index in [1.165, 1.54) is 10.9 Å². The third-order valence-electron chi connectivity index (χ3n) is 6.63. The summed E-state index contributed by atoms with van der Waals surface area (Å²) in [6.07, 6.45) is 9.17. The molecule has 0 amide bonds. The Hall–Kier alpha value is -4.86. The molecule has 1 N–H and O–H groups in total. The van der Waals surface area contributed by atoms with Crippen LogP contribution in [0.2, 0.25) is 0 Å². The van der Waals surface area contributed by atoms with Crippen molar-refractivity contribution in [3.63, 3.8) is 0 Å². The third kappa shape index (κ3) is 5.07. The second kappa shape index (κ2) is 11.1. The van der Waals surface area contributed by atoms with Crippen molar-refractivity contribution in [1.82, 2.24) is 34.7 Å². The molecule has 1 atom stereocenters. The summed E-state index contributed by atoms with van der Waals surface area (Å²) in [6, 6.07) is 11.7. The number of nitriles is 1. The Morgan fingerprint density at radius 3 is 2.75 bits per heavy atom. The summed E-state index contributed by atoms with van der Waals surface area (Å²) >= 11 is 0. The van der Waals surface area contributed by atoms with E-state index >= 15 is 0 Å². The zero-order valence-electron chi connectivity index (χ0n) is 21.7. The number of morpholine rings is 1. The minimum absolute atomic E-state index is 0.0366. The fraction of sp³-hybridized carbons (Fsp3) is 0.250. The van der Waals surface area contributed by atoms with Gasteiger partial charge in [-0.25, -0.2) is 23.6 Å². The minimum atomic E-state index is -0.423. The Morgan fingerprint density at radius 2 is 2.08 bits per heavy atom. The molecule has 0 aromatic carbocycles. The Kier molecular flexibility index (Phi) is 7.05. The molecule has 1 saturated heterocycles. The second-order valence-electron chi connectivity index (χ2n) is 9.19. The number of hydrogen-bond acceptors (Lipinski definition) is 9. The highest BCUT2D eigenvalue weighted by molar-refractivity contribution is 5.85. The number of nitrogens with zero attached hydrogens (tertiary/aromatic N) is 8. The van der Waals surface area contributed by atoms with Crippen molar-refractivity contribution >= 4 is 17.0 Å². The maximum absolute atomic E-state index is 13.3. The van der Waals surface area contributed by atoms with Crippen molar-refractivity contribution in [3.05, 3.63) is 78.9 Å². The largest absolute Gasteiger partial charge is 0.489 e. The second-order valence-corrected chi connectivity index (χ2v) is 9.19. The number of anilines is 2. The summed E-state index contributed by atoms with van der Waals surface area (Å²) in [5.74, 6) is 1.43. The molecular formula is C28H26FN9O2. The molecule has 0 aliphatic carbocycles. The molecule has 1 aliphatic rings. The number of fused-ring (bicyclic) bond motifs is 1. The van der Waals surface area contributed by atoms with Crippen molar-refractivity contribution in [3.8, 4) is 28.8 Å². The lowest BCUT2D eigenvalue weighted by Crippen LogP contribution is -2.41. The molecule has 1 fully saturated rings. The minimum Gasteiger partial charge on any atom is -0.489 e. The fourth-order valence-corrected chi connectivity index (χ4v) is 4.68. The summed E-state index contributed by atoms with van der Waals surface area (Å²) in [6.45, 7) is 5.29. The van der Waals surface area contributed by atoms with E-state index in [0.29, 0.717) is 42.4 Å². The van der Waals surface area contributed by atoms with Gasteiger partial charge in [0.25, 0.3) is 0 Å². The number of hydrogen-bond donors (Lipinski definition) is 1. The van der Waals surface area contributed by atoms with Gasteiger partial charge >= 0.3 is 0 Å². The van der Waals surface area contributed by atoms with Gasteiger partial charge in [-0.2, -0.15) is 15.5 Å². The van der Waals surface area contributed by atoms with Crippen LogP contribution in [-0.2, 0) is 4.74 Å². The summed E-state index contributed by atoms with van der Waals surface area (Å²) in [7, 11) is 0. The Bertz CT molecular complexity index is 1650. The maximum atomic E-state index is 13.3. The van der Waals surface area contributed by atoms with E-state index in [-0.39, 0.29) is 6.10 Å². The molecule has 40 heavy (non-hydrogen) atoms. The lowest BCUT2D eigenvalue weighted by atomic mass is 10.1. The molecule has 0 bridgehead atoms. The lowest BCUT2D eigenvalue weighted by Gasteiger charge is -2.24. The topological polar surface area (TPSA) is 118 Å². The van der Waals surface area contributed by atoms with Crippen molar-refractivity contribution in [2.75, 3.05) is 37.7 Å². The molecule has 1 aliphatic heterocycles. The molecule has 0 saturated carbocycles. The standard InChI is InChI=1S/C28H26FN9O2/c1-2-36(22-4-6-27(33-14-22)37-16-21(29)13-35-37)26-5-3-19(11-32-26)25-9-23(40-18-24-15-31-7-8-39-24)17-38-28(25)20(10-30)12-34-38/h3-6,9,11-14,16-17,24,31H,2,7-8,15,18H2,1H3. The maximum Gasteiger partial charge on any atom is 0.161 e. The average Bonchev–Trinajstić information content (AvgIpc) is 3.63. The Labute approximate surface area is 229 Å². The SMILES string of the molecule is CCN(c1ccc(-n2cc(F)cn2)nc1)c1ccc(-c2cc(OCC3CNCCO3)cn3ncc(C#N)c23)cn1. The number of aromatic nitrogens is 6. The van der Waals surface area contributed by atoms with Crippen LogP contribution in [0.25, 0.3) is 22.5 Å². The summed E-state index contributed by atoms with van der Waals surface area (Å²) in [4.78, 5) is 11.2. The van der Waals surface area contributed by atoms with Crippen LogP contribution < -0.4 is 15.0 Å². The van der Waals surface area contributed by atoms with E-state index < -0.39 is 5.82 Å². The van der Waals surface area contributed by atoms with Crippen molar-refractivity contribution in [2.24, 2.45) is 0 Å². The summed E-state index contributed by atoms with van der Waals surface area (Å²) < 4.78 is 28.2. The molecular weight excluding hydrogens is 513 g/mol. The normalized spacial score (nSPS) is 15.2. The molecule has 11 nitrogen and oxygen atoms in total. The number of nitrogens with one attached hydrogen (secondary N) is 1. The van der Waals surface area contributed by atoms with Gasteiger partial charge in [-0.05, 0) is 37.3 Å². The molecule has 0 radical (unpaired) electrons. The van der Waals surface area contributed by atoms with Crippen LogP contribution in [0.1, 0.15) is 12.5 Å². The molecule has 5 aromatic rings. The van der Waals surface area contributed by atoms with Gasteiger partial charge < -0.3 is 19.7 Å². The average molecular weight is 540 g/mol. The van der Waals surface area contributed by atoms with Crippen LogP contribution in [0, 0.1) is 17.1 Å². The molecule has 5 aromatic heterocycles. The molecule has 202 valence electrons. The van der Waals surface area contributed by atoms with Gasteiger partial charge in [-0.15, -0.1) is 0 Å². The summed E-state index contributed by atoms with van der Waals surface area (Å²) in [5, 5.41) is 21.3. The number of ether oxygens (including phenoxy) is 2. The fourth-order valence-electron chi connectivity index (χ4n) is 4.68. The van der Waals surface area contributed by atoms with Crippen molar-refractivity contribution < 1.29 is 13.9 Å². The van der Waals surface area contributed by atoms with E-state index in [9.17, 15) is 9.65 Å². The predicted molar refractivity (Wildman–Crippen MR) is 145 cm³/mol. The smallest absolute Gasteiger partial charge is 0.161 e. The van der Waals surface area contributed by atoms with E-state index in [1.54, 1.807) is 35.4 Å². The van der Waals surface area contributed by atoms with Gasteiger partial charge in [-0.1, -0.05) is 0 Å². The van der Waals surface area contributed by atoms with Crippen LogP contribution in [0.5, 0.6) is 5.75 Å². The van der Waals surface area contributed by atoms with E-state index in [4.69, 9.17) is 14.5 Å². The highest BCUT2D eigenvalue weighted by Gasteiger charge is 2.18. The van der Waals surface area contributed by atoms with Gasteiger partial charge in [0, 0.05) is 37.0 Å². The lowest BCUT2D eigenvalue weighted by molar-refractivity contribution is 0.000108. The highest BCUT2D eigenvalue weighted by atomic mass is 19.1. The van der Waals surface area contributed by atoms with E-state index in [2.05, 4.69) is 26.6 Å². The van der Waals surface area contributed by atoms with Gasteiger partial charge in [0.05, 0.1) is 54.4 Å². The number of halogens is 1. The first-order valence-electron chi connectivity index (χ1n) is 12.9. The quantitative estimate of drug-likeness (QED) is 0.316. The Morgan fingerprint density at radius 1 is 1.15 bits per heavy atom. The molecule has 1 unspecified atom stereocenters. The first kappa shape index (κ1) is 25.4. The molecule has 6 rings (SSSR count). The summed E-state index contributed by atoms with van der Waals surface area (Å²) in [5.41, 5.74) is 3.58. The van der Waals surface area contributed by atoms with E-state index in [0.717, 1.165) is 41.9 Å². The van der Waals surface area contributed by atoms with Gasteiger partial charge in [-0.3, -0.25) is 0 Å². The van der Waals surface area contributed by atoms with Gasteiger partial charge in [0.15, 0.2) is 11.6 Å². The Balaban J connectivity index is 1.28. The molecule has 0 spiro atoms. The molecule has 12 heteroatoms. The van der Waals surface area contributed by atoms with Gasteiger partial charge in [0.1, 0.15) is 30.3 Å². The predicted octanol–water partition coefficient (Wildman–Crippen LogP) is 3.51. The van der Waals surface area contributed by atoms with Crippen LogP contribution in [-0.4, -0.2) is 68.3 Å². The van der Waals surface area contributed by atoms with E-state index in [1.807, 2.05) is 36.1 Å². The van der Waals surface area contributed by atoms with Crippen molar-refractivity contribution in [1.29, 1.82) is 5.26 Å². The zero-order chi connectivity index (χ0) is 27.5. The highest BCUT2D eigenvalue weighted by Crippen LogP contribution is 2.32.